The molecular weight excluding hydrogens is 242 g/mol. The number of aliphatic hydroxyl groups excluding tert-OH is 1. The van der Waals surface area contributed by atoms with Gasteiger partial charge in [0.15, 0.2) is 0 Å². The number of anilines is 1. The van der Waals surface area contributed by atoms with E-state index in [-0.39, 0.29) is 12.3 Å². The van der Waals surface area contributed by atoms with E-state index in [9.17, 15) is 9.90 Å². The Labute approximate surface area is 111 Å². The number of nitrogens with zero attached hydrogens (tertiary/aromatic N) is 3. The van der Waals surface area contributed by atoms with Gasteiger partial charge in [0.25, 0.3) is 0 Å². The fourth-order valence-corrected chi connectivity index (χ4v) is 2.35. The predicted octanol–water partition coefficient (Wildman–Crippen LogP) is 1.03. The zero-order valence-corrected chi connectivity index (χ0v) is 10.4. The standard InChI is InChI=1S/C14H15N3O2/c18-13-7-14(19)17(9-13)12-3-1-2-11(6-12)8-16-5-4-15-10-16/h1-6,10,13,18H,7-9H2. The minimum Gasteiger partial charge on any atom is -0.391 e. The largest absolute Gasteiger partial charge is 0.391 e. The maximum absolute atomic E-state index is 11.8. The molecule has 1 aromatic carbocycles. The summed E-state index contributed by atoms with van der Waals surface area (Å²) in [4.78, 5) is 17.4. The third-order valence-corrected chi connectivity index (χ3v) is 3.25. The van der Waals surface area contributed by atoms with Crippen LogP contribution in [0, 0.1) is 0 Å². The van der Waals surface area contributed by atoms with Crippen LogP contribution in [0.3, 0.4) is 0 Å². The molecular formula is C14H15N3O2. The summed E-state index contributed by atoms with van der Waals surface area (Å²) in [6, 6.07) is 7.82. The van der Waals surface area contributed by atoms with Crippen molar-refractivity contribution in [2.75, 3.05) is 11.4 Å². The number of imidazole rings is 1. The molecule has 0 bridgehead atoms. The number of aromatic nitrogens is 2. The normalized spacial score (nSPS) is 19.1. The van der Waals surface area contributed by atoms with Crippen LogP contribution in [-0.4, -0.2) is 33.2 Å². The minimum atomic E-state index is -0.551. The Balaban J connectivity index is 1.82. The van der Waals surface area contributed by atoms with Gasteiger partial charge in [0.2, 0.25) is 5.91 Å². The Hall–Kier alpha value is -2.14. The summed E-state index contributed by atoms with van der Waals surface area (Å²) in [6.45, 7) is 1.10. The summed E-state index contributed by atoms with van der Waals surface area (Å²) in [5.74, 6) is -0.0210. The number of carbonyl (C=O) groups excluding carboxylic acids is 1. The molecule has 1 aromatic heterocycles. The zero-order chi connectivity index (χ0) is 13.2. The molecule has 0 spiro atoms. The van der Waals surface area contributed by atoms with Gasteiger partial charge < -0.3 is 14.6 Å². The molecule has 1 aliphatic heterocycles. The van der Waals surface area contributed by atoms with Crippen LogP contribution in [0.25, 0.3) is 0 Å². The van der Waals surface area contributed by atoms with Crippen molar-refractivity contribution in [3.63, 3.8) is 0 Å². The van der Waals surface area contributed by atoms with Crippen molar-refractivity contribution in [2.24, 2.45) is 0 Å². The summed E-state index contributed by atoms with van der Waals surface area (Å²) in [5, 5.41) is 9.53. The van der Waals surface area contributed by atoms with Crippen molar-refractivity contribution >= 4 is 11.6 Å². The Morgan fingerprint density at radius 1 is 1.42 bits per heavy atom. The summed E-state index contributed by atoms with van der Waals surface area (Å²) >= 11 is 0. The van der Waals surface area contributed by atoms with Crippen LogP contribution in [-0.2, 0) is 11.3 Å². The van der Waals surface area contributed by atoms with Crippen molar-refractivity contribution in [3.8, 4) is 0 Å². The Kier molecular flexibility index (Phi) is 3.05. The molecule has 1 atom stereocenters. The van der Waals surface area contributed by atoms with E-state index in [2.05, 4.69) is 4.98 Å². The van der Waals surface area contributed by atoms with E-state index in [1.807, 2.05) is 35.0 Å². The van der Waals surface area contributed by atoms with E-state index in [1.54, 1.807) is 17.4 Å². The molecule has 1 aliphatic rings. The lowest BCUT2D eigenvalue weighted by Gasteiger charge is -2.17. The van der Waals surface area contributed by atoms with Gasteiger partial charge in [0.1, 0.15) is 0 Å². The molecule has 0 saturated carbocycles. The number of hydrogen-bond acceptors (Lipinski definition) is 3. The third kappa shape index (κ3) is 2.51. The third-order valence-electron chi connectivity index (χ3n) is 3.25. The van der Waals surface area contributed by atoms with Gasteiger partial charge in [-0.1, -0.05) is 12.1 Å². The lowest BCUT2D eigenvalue weighted by Crippen LogP contribution is -2.25. The molecule has 98 valence electrons. The molecule has 1 unspecified atom stereocenters. The van der Waals surface area contributed by atoms with Gasteiger partial charge in [0, 0.05) is 24.6 Å². The lowest BCUT2D eigenvalue weighted by molar-refractivity contribution is -0.117. The molecule has 3 rings (SSSR count). The molecule has 1 fully saturated rings. The smallest absolute Gasteiger partial charge is 0.229 e. The highest BCUT2D eigenvalue weighted by atomic mass is 16.3. The summed E-state index contributed by atoms with van der Waals surface area (Å²) in [5.41, 5.74) is 1.95. The molecule has 19 heavy (non-hydrogen) atoms. The molecule has 2 heterocycles. The van der Waals surface area contributed by atoms with Gasteiger partial charge in [-0.2, -0.15) is 0 Å². The maximum atomic E-state index is 11.8. The fourth-order valence-electron chi connectivity index (χ4n) is 2.35. The number of amides is 1. The SMILES string of the molecule is O=C1CC(O)CN1c1cccc(Cn2ccnc2)c1. The molecule has 1 saturated heterocycles. The van der Waals surface area contributed by atoms with E-state index in [1.165, 1.54) is 0 Å². The summed E-state index contributed by atoms with van der Waals surface area (Å²) in [6.07, 6.45) is 5.06. The summed E-state index contributed by atoms with van der Waals surface area (Å²) in [7, 11) is 0. The molecule has 1 N–H and O–H groups in total. The highest BCUT2D eigenvalue weighted by molar-refractivity contribution is 5.96. The monoisotopic (exact) mass is 257 g/mol. The van der Waals surface area contributed by atoms with Gasteiger partial charge in [-0.3, -0.25) is 4.79 Å². The van der Waals surface area contributed by atoms with E-state index >= 15 is 0 Å². The molecule has 0 radical (unpaired) electrons. The first-order chi connectivity index (χ1) is 9.22. The molecule has 2 aromatic rings. The number of carbonyl (C=O) groups is 1. The number of benzene rings is 1. The number of rotatable bonds is 3. The lowest BCUT2D eigenvalue weighted by atomic mass is 10.2. The minimum absolute atomic E-state index is 0.0210. The average molecular weight is 257 g/mol. The number of hydrogen-bond donors (Lipinski definition) is 1. The number of aliphatic hydroxyl groups is 1. The van der Waals surface area contributed by atoms with Crippen LogP contribution in [0.2, 0.25) is 0 Å². The van der Waals surface area contributed by atoms with E-state index in [0.717, 1.165) is 17.8 Å². The van der Waals surface area contributed by atoms with Gasteiger partial charge in [0.05, 0.1) is 25.4 Å². The van der Waals surface area contributed by atoms with Gasteiger partial charge in [-0.15, -0.1) is 0 Å². The fraction of sp³-hybridized carbons (Fsp3) is 0.286. The first-order valence-corrected chi connectivity index (χ1v) is 6.25. The number of β-amino-alcohol motifs (C(OH)–C–C–N with tert-alkyl or cyclic N) is 1. The molecule has 0 aliphatic carbocycles. The highest BCUT2D eigenvalue weighted by Gasteiger charge is 2.28. The second kappa shape index (κ2) is 4.85. The van der Waals surface area contributed by atoms with Crippen molar-refractivity contribution in [2.45, 2.75) is 19.1 Å². The van der Waals surface area contributed by atoms with Crippen molar-refractivity contribution in [1.29, 1.82) is 0 Å². The molecule has 5 heteroatoms. The van der Waals surface area contributed by atoms with Crippen molar-refractivity contribution in [1.82, 2.24) is 9.55 Å². The van der Waals surface area contributed by atoms with Crippen LogP contribution in [0.5, 0.6) is 0 Å². The van der Waals surface area contributed by atoms with Crippen molar-refractivity contribution < 1.29 is 9.90 Å². The summed E-state index contributed by atoms with van der Waals surface area (Å²) < 4.78 is 1.97. The van der Waals surface area contributed by atoms with Gasteiger partial charge >= 0.3 is 0 Å². The van der Waals surface area contributed by atoms with Crippen LogP contribution in [0.15, 0.2) is 43.0 Å². The topological polar surface area (TPSA) is 58.4 Å². The molecule has 5 nitrogen and oxygen atoms in total. The van der Waals surface area contributed by atoms with E-state index in [4.69, 9.17) is 0 Å². The first-order valence-electron chi connectivity index (χ1n) is 6.25. The Bertz CT molecular complexity index is 580. The Morgan fingerprint density at radius 3 is 3.00 bits per heavy atom. The maximum Gasteiger partial charge on any atom is 0.229 e. The zero-order valence-electron chi connectivity index (χ0n) is 10.4. The van der Waals surface area contributed by atoms with Crippen molar-refractivity contribution in [3.05, 3.63) is 48.5 Å². The highest BCUT2D eigenvalue weighted by Crippen LogP contribution is 2.22. The Morgan fingerprint density at radius 2 is 2.32 bits per heavy atom. The second-order valence-electron chi connectivity index (χ2n) is 4.77. The second-order valence-corrected chi connectivity index (χ2v) is 4.77. The first kappa shape index (κ1) is 11.9. The van der Waals surface area contributed by atoms with Gasteiger partial charge in [-0.05, 0) is 17.7 Å². The predicted molar refractivity (Wildman–Crippen MR) is 70.7 cm³/mol. The van der Waals surface area contributed by atoms with Crippen LogP contribution < -0.4 is 4.90 Å². The van der Waals surface area contributed by atoms with Crippen LogP contribution in [0.4, 0.5) is 5.69 Å². The van der Waals surface area contributed by atoms with E-state index < -0.39 is 6.10 Å². The van der Waals surface area contributed by atoms with Crippen LogP contribution in [0.1, 0.15) is 12.0 Å². The van der Waals surface area contributed by atoms with Gasteiger partial charge in [-0.25, -0.2) is 4.98 Å². The molecule has 1 amide bonds. The average Bonchev–Trinajstić information content (AvgIpc) is 2.99. The quantitative estimate of drug-likeness (QED) is 0.893. The van der Waals surface area contributed by atoms with Crippen LogP contribution >= 0.6 is 0 Å². The van der Waals surface area contributed by atoms with E-state index in [0.29, 0.717) is 6.54 Å².